The highest BCUT2D eigenvalue weighted by atomic mass is 32.2. The first-order valence-electron chi connectivity index (χ1n) is 9.40. The highest BCUT2D eigenvalue weighted by Gasteiger charge is 2.32. The first kappa shape index (κ1) is 22.6. The van der Waals surface area contributed by atoms with E-state index in [-0.39, 0.29) is 5.60 Å². The van der Waals surface area contributed by atoms with Gasteiger partial charge in [-0.25, -0.2) is 9.10 Å². The molecule has 1 amide bonds. The zero-order valence-electron chi connectivity index (χ0n) is 16.8. The molecule has 0 radical (unpaired) electrons. The van der Waals surface area contributed by atoms with Crippen LogP contribution in [0.25, 0.3) is 0 Å². The summed E-state index contributed by atoms with van der Waals surface area (Å²) in [5.74, 6) is 1.12. The molecule has 0 saturated heterocycles. The second-order valence-corrected chi connectivity index (χ2v) is 8.17. The number of carbonyl (C=O) groups is 1. The van der Waals surface area contributed by atoms with Gasteiger partial charge in [-0.15, -0.1) is 0 Å². The van der Waals surface area contributed by atoms with Crippen LogP contribution in [0.4, 0.5) is 4.79 Å². The lowest BCUT2D eigenvalue weighted by Gasteiger charge is -2.23. The number of para-hydroxylation sites is 1. The Morgan fingerprint density at radius 3 is 2.35 bits per heavy atom. The van der Waals surface area contributed by atoms with Crippen LogP contribution in [-0.2, 0) is 11.2 Å². The predicted octanol–water partition coefficient (Wildman–Crippen LogP) is 5.02. The summed E-state index contributed by atoms with van der Waals surface area (Å²) in [5, 5.41) is 0. The summed E-state index contributed by atoms with van der Waals surface area (Å²) >= 11 is 1.88. The quantitative estimate of drug-likeness (QED) is 0.640. The SMILES string of the molecule is CCCCN(CCCC)Sc1cccc2c1OC(C)(C)C2.COC(N)=O. The van der Waals surface area contributed by atoms with Crippen molar-refractivity contribution in [1.82, 2.24) is 4.31 Å². The lowest BCUT2D eigenvalue weighted by molar-refractivity contribution is 0.135. The number of rotatable bonds is 8. The third kappa shape index (κ3) is 7.87. The zero-order chi connectivity index (χ0) is 19.6. The van der Waals surface area contributed by atoms with Gasteiger partial charge in [0, 0.05) is 19.5 Å². The molecule has 2 N–H and O–H groups in total. The van der Waals surface area contributed by atoms with Gasteiger partial charge in [0.05, 0.1) is 12.0 Å². The predicted molar refractivity (Wildman–Crippen MR) is 109 cm³/mol. The van der Waals surface area contributed by atoms with Crippen molar-refractivity contribution in [3.8, 4) is 5.75 Å². The number of carbonyl (C=O) groups excluding carboxylic acids is 1. The zero-order valence-corrected chi connectivity index (χ0v) is 17.7. The van der Waals surface area contributed by atoms with Gasteiger partial charge < -0.3 is 15.2 Å². The number of amides is 1. The number of fused-ring (bicyclic) bond motifs is 1. The van der Waals surface area contributed by atoms with Crippen LogP contribution < -0.4 is 10.5 Å². The van der Waals surface area contributed by atoms with Gasteiger partial charge in [-0.1, -0.05) is 38.8 Å². The van der Waals surface area contributed by atoms with Crippen molar-refractivity contribution in [2.45, 2.75) is 70.3 Å². The lowest BCUT2D eigenvalue weighted by Crippen LogP contribution is -2.25. The average molecular weight is 383 g/mol. The molecule has 1 aromatic rings. The maximum atomic E-state index is 9.37. The molecule has 0 fully saturated rings. The minimum absolute atomic E-state index is 0.0589. The summed E-state index contributed by atoms with van der Waals surface area (Å²) in [5.41, 5.74) is 5.73. The van der Waals surface area contributed by atoms with Crippen LogP contribution in [0.5, 0.6) is 5.75 Å². The Balaban J connectivity index is 0.000000597. The summed E-state index contributed by atoms with van der Waals surface area (Å²) < 4.78 is 12.6. The third-order valence-corrected chi connectivity index (χ3v) is 5.15. The van der Waals surface area contributed by atoms with Gasteiger partial charge in [0.2, 0.25) is 0 Å². The molecule has 148 valence electrons. The molecule has 0 spiro atoms. The number of methoxy groups -OCH3 is 1. The molecule has 5 nitrogen and oxygen atoms in total. The molecule has 0 atom stereocenters. The van der Waals surface area contributed by atoms with E-state index in [1.165, 1.54) is 43.3 Å². The number of hydrogen-bond donors (Lipinski definition) is 1. The van der Waals surface area contributed by atoms with Crippen molar-refractivity contribution < 1.29 is 14.3 Å². The summed E-state index contributed by atoms with van der Waals surface area (Å²) in [6.45, 7) is 11.2. The number of hydrogen-bond acceptors (Lipinski definition) is 5. The number of ether oxygens (including phenoxy) is 2. The number of primary amides is 1. The first-order valence-corrected chi connectivity index (χ1v) is 10.2. The van der Waals surface area contributed by atoms with E-state index in [9.17, 15) is 4.79 Å². The van der Waals surface area contributed by atoms with Crippen molar-refractivity contribution in [3.05, 3.63) is 23.8 Å². The van der Waals surface area contributed by atoms with Crippen molar-refractivity contribution in [3.63, 3.8) is 0 Å². The lowest BCUT2D eigenvalue weighted by atomic mass is 10.0. The second-order valence-electron chi connectivity index (χ2n) is 7.03. The van der Waals surface area contributed by atoms with Gasteiger partial charge >= 0.3 is 6.09 Å². The van der Waals surface area contributed by atoms with Crippen molar-refractivity contribution in [1.29, 1.82) is 0 Å². The highest BCUT2D eigenvalue weighted by molar-refractivity contribution is 7.97. The number of nitrogens with two attached hydrogens (primary N) is 1. The number of unbranched alkanes of at least 4 members (excludes halogenated alkanes) is 2. The van der Waals surface area contributed by atoms with E-state index in [0.717, 1.165) is 25.3 Å². The monoisotopic (exact) mass is 382 g/mol. The van der Waals surface area contributed by atoms with E-state index >= 15 is 0 Å². The second kappa shape index (κ2) is 11.3. The molecule has 0 saturated carbocycles. The highest BCUT2D eigenvalue weighted by Crippen LogP contribution is 2.42. The fraction of sp³-hybridized carbons (Fsp3) is 0.650. The van der Waals surface area contributed by atoms with Gasteiger partial charge in [-0.05, 0) is 50.3 Å². The molecule has 1 aromatic carbocycles. The molecule has 0 unspecified atom stereocenters. The Labute approximate surface area is 162 Å². The minimum atomic E-state index is -0.745. The summed E-state index contributed by atoms with van der Waals surface area (Å²) in [6.07, 6.45) is 5.29. The van der Waals surface area contributed by atoms with E-state index in [0.29, 0.717) is 0 Å². The average Bonchev–Trinajstić information content (AvgIpc) is 2.92. The molecule has 1 aliphatic heterocycles. The van der Waals surface area contributed by atoms with E-state index in [2.05, 4.69) is 60.7 Å². The smallest absolute Gasteiger partial charge is 0.404 e. The van der Waals surface area contributed by atoms with E-state index in [1.807, 2.05) is 11.9 Å². The van der Waals surface area contributed by atoms with Gasteiger partial charge in [-0.3, -0.25) is 0 Å². The standard InChI is InChI=1S/C18H29NOS.C2H5NO2/c1-5-7-12-19(13-8-6-2)21-16-11-9-10-15-14-18(3,4)20-17(15)16;1-5-2(3)4/h9-11H,5-8,12-14H2,1-4H3;1H3,(H2,3,4). The van der Waals surface area contributed by atoms with Crippen molar-refractivity contribution in [2.24, 2.45) is 5.73 Å². The van der Waals surface area contributed by atoms with Gasteiger partial charge in [-0.2, -0.15) is 0 Å². The summed E-state index contributed by atoms with van der Waals surface area (Å²) in [7, 11) is 1.22. The van der Waals surface area contributed by atoms with Crippen LogP contribution in [-0.4, -0.2) is 36.2 Å². The molecule has 1 aliphatic rings. The molecule has 0 aliphatic carbocycles. The molecule has 26 heavy (non-hydrogen) atoms. The molecule has 2 rings (SSSR count). The number of benzene rings is 1. The molecule has 0 aromatic heterocycles. The topological polar surface area (TPSA) is 64.8 Å². The molecule has 1 heterocycles. The largest absolute Gasteiger partial charge is 0.486 e. The van der Waals surface area contributed by atoms with E-state index in [1.54, 1.807) is 0 Å². The fourth-order valence-corrected chi connectivity index (χ4v) is 3.78. The minimum Gasteiger partial charge on any atom is -0.486 e. The Kier molecular flexibility index (Phi) is 9.88. The van der Waals surface area contributed by atoms with Gasteiger partial charge in [0.1, 0.15) is 11.4 Å². The molecular weight excluding hydrogens is 348 g/mol. The van der Waals surface area contributed by atoms with Crippen LogP contribution >= 0.6 is 11.9 Å². The Morgan fingerprint density at radius 2 is 1.85 bits per heavy atom. The van der Waals surface area contributed by atoms with Crippen LogP contribution in [0.3, 0.4) is 0 Å². The van der Waals surface area contributed by atoms with Crippen molar-refractivity contribution in [2.75, 3.05) is 20.2 Å². The van der Waals surface area contributed by atoms with E-state index in [4.69, 9.17) is 4.74 Å². The maximum absolute atomic E-state index is 9.37. The Morgan fingerprint density at radius 1 is 1.27 bits per heavy atom. The summed E-state index contributed by atoms with van der Waals surface area (Å²) in [4.78, 5) is 10.7. The normalized spacial score (nSPS) is 14.2. The van der Waals surface area contributed by atoms with Crippen LogP contribution in [0, 0.1) is 0 Å². The maximum Gasteiger partial charge on any atom is 0.404 e. The summed E-state index contributed by atoms with van der Waals surface area (Å²) in [6, 6.07) is 6.58. The molecule has 0 bridgehead atoms. The first-order chi connectivity index (χ1) is 12.3. The van der Waals surface area contributed by atoms with Gasteiger partial charge in [0.15, 0.2) is 0 Å². The Bertz CT molecular complexity index is 556. The molecule has 6 heteroatoms. The van der Waals surface area contributed by atoms with E-state index < -0.39 is 6.09 Å². The molecular formula is C20H34N2O3S. The third-order valence-electron chi connectivity index (χ3n) is 4.01. The Hall–Kier alpha value is -1.40. The number of nitrogens with zero attached hydrogens (tertiary/aromatic N) is 1. The van der Waals surface area contributed by atoms with Crippen LogP contribution in [0.15, 0.2) is 23.1 Å². The van der Waals surface area contributed by atoms with Gasteiger partial charge in [0.25, 0.3) is 0 Å². The fourth-order valence-electron chi connectivity index (χ4n) is 2.67. The van der Waals surface area contributed by atoms with Crippen molar-refractivity contribution >= 4 is 18.0 Å². The van der Waals surface area contributed by atoms with Crippen LogP contribution in [0.1, 0.15) is 58.9 Å². The van der Waals surface area contributed by atoms with Crippen LogP contribution in [0.2, 0.25) is 0 Å².